The van der Waals surface area contributed by atoms with Gasteiger partial charge in [-0.05, 0) is 49.6 Å². The third-order valence-electron chi connectivity index (χ3n) is 5.90. The van der Waals surface area contributed by atoms with Crippen molar-refractivity contribution in [2.45, 2.75) is 26.7 Å². The fourth-order valence-corrected chi connectivity index (χ4v) is 4.22. The first-order valence-corrected chi connectivity index (χ1v) is 11.3. The highest BCUT2D eigenvalue weighted by Gasteiger charge is 2.22. The number of aryl methyl sites for hydroxylation is 2. The molecular formula is C27H29FN4O. The maximum absolute atomic E-state index is 13.7. The Bertz CT molecular complexity index is 1150. The highest BCUT2D eigenvalue weighted by Crippen LogP contribution is 2.25. The average molecular weight is 445 g/mol. The topological polar surface area (TPSA) is 49.3 Å². The lowest BCUT2D eigenvalue weighted by atomic mass is 10.0. The molecule has 0 spiro atoms. The molecule has 0 bridgehead atoms. The number of nitrogens with zero attached hydrogens (tertiary/aromatic N) is 4. The highest BCUT2D eigenvalue weighted by atomic mass is 19.1. The minimum atomic E-state index is -0.243. The van der Waals surface area contributed by atoms with E-state index in [0.29, 0.717) is 31.9 Å². The van der Waals surface area contributed by atoms with Crippen molar-refractivity contribution >= 4 is 17.8 Å². The molecule has 2 aromatic carbocycles. The zero-order chi connectivity index (χ0) is 23.2. The van der Waals surface area contributed by atoms with Crippen molar-refractivity contribution in [3.63, 3.8) is 0 Å². The zero-order valence-corrected chi connectivity index (χ0v) is 19.2. The Morgan fingerprint density at radius 2 is 1.82 bits per heavy atom. The quantitative estimate of drug-likeness (QED) is 0.541. The second kappa shape index (κ2) is 10.4. The molecule has 0 N–H and O–H groups in total. The molecular weight excluding hydrogens is 415 g/mol. The normalized spacial score (nSPS) is 14.5. The Balaban J connectivity index is 1.50. The minimum absolute atomic E-state index is 0.0238. The predicted molar refractivity (Wildman–Crippen MR) is 130 cm³/mol. The van der Waals surface area contributed by atoms with Gasteiger partial charge in [0.25, 0.3) is 0 Å². The molecule has 6 heteroatoms. The summed E-state index contributed by atoms with van der Waals surface area (Å²) in [4.78, 5) is 26.2. The molecule has 1 amide bonds. The van der Waals surface area contributed by atoms with Gasteiger partial charge >= 0.3 is 0 Å². The molecule has 33 heavy (non-hydrogen) atoms. The molecule has 3 aromatic rings. The van der Waals surface area contributed by atoms with E-state index in [4.69, 9.17) is 4.98 Å². The van der Waals surface area contributed by atoms with E-state index in [-0.39, 0.29) is 11.7 Å². The lowest BCUT2D eigenvalue weighted by Gasteiger charge is -2.26. The summed E-state index contributed by atoms with van der Waals surface area (Å²) in [6.45, 7) is 6.70. The summed E-state index contributed by atoms with van der Waals surface area (Å²) < 4.78 is 13.7. The van der Waals surface area contributed by atoms with Crippen LogP contribution in [0.25, 0.3) is 6.08 Å². The Morgan fingerprint density at radius 1 is 1.00 bits per heavy atom. The van der Waals surface area contributed by atoms with Crippen LogP contribution in [0.4, 0.5) is 10.2 Å². The van der Waals surface area contributed by atoms with Gasteiger partial charge < -0.3 is 9.80 Å². The molecule has 170 valence electrons. The largest absolute Gasteiger partial charge is 0.354 e. The van der Waals surface area contributed by atoms with Gasteiger partial charge in [0.2, 0.25) is 5.91 Å². The number of halogens is 1. The molecule has 0 atom stereocenters. The Labute approximate surface area is 194 Å². The minimum Gasteiger partial charge on any atom is -0.354 e. The van der Waals surface area contributed by atoms with Crippen molar-refractivity contribution in [2.75, 3.05) is 31.1 Å². The second-order valence-electron chi connectivity index (χ2n) is 8.37. The van der Waals surface area contributed by atoms with E-state index in [2.05, 4.69) is 9.88 Å². The Kier molecular flexibility index (Phi) is 7.13. The van der Waals surface area contributed by atoms with Crippen LogP contribution >= 0.6 is 0 Å². The van der Waals surface area contributed by atoms with Crippen molar-refractivity contribution in [3.8, 4) is 0 Å². The highest BCUT2D eigenvalue weighted by molar-refractivity contribution is 5.91. The summed E-state index contributed by atoms with van der Waals surface area (Å²) in [5.74, 6) is 1.38. The third kappa shape index (κ3) is 5.83. The van der Waals surface area contributed by atoms with E-state index in [1.54, 1.807) is 18.2 Å². The number of hydrogen-bond donors (Lipinski definition) is 0. The van der Waals surface area contributed by atoms with E-state index in [1.807, 2.05) is 61.2 Å². The van der Waals surface area contributed by atoms with Crippen molar-refractivity contribution in [1.82, 2.24) is 14.9 Å². The summed E-state index contributed by atoms with van der Waals surface area (Å²) in [6.07, 6.45) is 4.93. The van der Waals surface area contributed by atoms with E-state index < -0.39 is 0 Å². The SMILES string of the molecule is Cc1nc(C)c(Cc2cccc(F)c2)c(N2CCCN(C(=O)C=Cc3ccccc3)CC2)n1. The number of anilines is 1. The number of benzene rings is 2. The van der Waals surface area contributed by atoms with Crippen LogP contribution < -0.4 is 4.90 Å². The van der Waals surface area contributed by atoms with Gasteiger partial charge in [-0.3, -0.25) is 4.79 Å². The van der Waals surface area contributed by atoms with Gasteiger partial charge in [0.1, 0.15) is 17.5 Å². The van der Waals surface area contributed by atoms with Crippen LogP contribution in [0.3, 0.4) is 0 Å². The van der Waals surface area contributed by atoms with Gasteiger partial charge in [-0.2, -0.15) is 0 Å². The van der Waals surface area contributed by atoms with Crippen LogP contribution in [0.2, 0.25) is 0 Å². The van der Waals surface area contributed by atoms with Crippen LogP contribution in [0, 0.1) is 19.7 Å². The monoisotopic (exact) mass is 444 g/mol. The Hall–Kier alpha value is -3.54. The average Bonchev–Trinajstić information content (AvgIpc) is 3.06. The maximum Gasteiger partial charge on any atom is 0.246 e. The number of rotatable bonds is 5. The summed E-state index contributed by atoms with van der Waals surface area (Å²) in [5, 5.41) is 0. The number of carbonyl (C=O) groups excluding carboxylic acids is 1. The van der Waals surface area contributed by atoms with Gasteiger partial charge in [0.15, 0.2) is 0 Å². The fourth-order valence-electron chi connectivity index (χ4n) is 4.22. The summed E-state index contributed by atoms with van der Waals surface area (Å²) in [6, 6.07) is 16.5. The van der Waals surface area contributed by atoms with Crippen LogP contribution in [-0.4, -0.2) is 47.0 Å². The van der Waals surface area contributed by atoms with Crippen molar-refractivity contribution < 1.29 is 9.18 Å². The van der Waals surface area contributed by atoms with Gasteiger partial charge in [0.05, 0.1) is 0 Å². The maximum atomic E-state index is 13.7. The molecule has 0 saturated carbocycles. The first-order valence-electron chi connectivity index (χ1n) is 11.3. The molecule has 4 rings (SSSR count). The van der Waals surface area contributed by atoms with Crippen molar-refractivity contribution in [2.24, 2.45) is 0 Å². The van der Waals surface area contributed by atoms with E-state index in [0.717, 1.165) is 41.2 Å². The molecule has 1 saturated heterocycles. The number of carbonyl (C=O) groups is 1. The molecule has 1 aromatic heterocycles. The smallest absolute Gasteiger partial charge is 0.246 e. The second-order valence-corrected chi connectivity index (χ2v) is 8.37. The molecule has 1 fully saturated rings. The summed E-state index contributed by atoms with van der Waals surface area (Å²) >= 11 is 0. The zero-order valence-electron chi connectivity index (χ0n) is 19.2. The first-order chi connectivity index (χ1) is 16.0. The molecule has 0 radical (unpaired) electrons. The number of aromatic nitrogens is 2. The van der Waals surface area contributed by atoms with Gasteiger partial charge in [-0.1, -0.05) is 42.5 Å². The number of amides is 1. The van der Waals surface area contributed by atoms with Crippen LogP contribution in [0.15, 0.2) is 60.7 Å². The summed E-state index contributed by atoms with van der Waals surface area (Å²) in [5.41, 5.74) is 3.82. The lowest BCUT2D eigenvalue weighted by Crippen LogP contribution is -2.35. The molecule has 5 nitrogen and oxygen atoms in total. The molecule has 0 aliphatic carbocycles. The molecule has 0 unspecified atom stereocenters. The van der Waals surface area contributed by atoms with Crippen LogP contribution in [0.1, 0.15) is 34.6 Å². The van der Waals surface area contributed by atoms with Gasteiger partial charge in [-0.15, -0.1) is 0 Å². The first kappa shape index (κ1) is 22.6. The van der Waals surface area contributed by atoms with E-state index in [1.165, 1.54) is 6.07 Å². The standard InChI is InChI=1S/C27H29FN4O/c1-20-25(19-23-10-6-11-24(28)18-23)27(30-21(2)29-20)32-15-7-14-31(16-17-32)26(33)13-12-22-8-4-3-5-9-22/h3-6,8-13,18H,7,14-17,19H2,1-2H3. The fraction of sp³-hybridized carbons (Fsp3) is 0.296. The molecule has 1 aliphatic heterocycles. The van der Waals surface area contributed by atoms with Crippen LogP contribution in [-0.2, 0) is 11.2 Å². The summed E-state index contributed by atoms with van der Waals surface area (Å²) in [7, 11) is 0. The van der Waals surface area contributed by atoms with Crippen molar-refractivity contribution in [1.29, 1.82) is 0 Å². The number of hydrogen-bond acceptors (Lipinski definition) is 4. The van der Waals surface area contributed by atoms with Gasteiger partial charge in [-0.25, -0.2) is 14.4 Å². The Morgan fingerprint density at radius 3 is 2.61 bits per heavy atom. The van der Waals surface area contributed by atoms with Crippen molar-refractivity contribution in [3.05, 3.63) is 94.7 Å². The van der Waals surface area contributed by atoms with E-state index >= 15 is 0 Å². The lowest BCUT2D eigenvalue weighted by molar-refractivity contribution is -0.125. The van der Waals surface area contributed by atoms with E-state index in [9.17, 15) is 9.18 Å². The van der Waals surface area contributed by atoms with Gasteiger partial charge in [0, 0.05) is 49.9 Å². The molecule has 2 heterocycles. The predicted octanol–water partition coefficient (Wildman–Crippen LogP) is 4.58. The van der Waals surface area contributed by atoms with Crippen LogP contribution in [0.5, 0.6) is 0 Å². The third-order valence-corrected chi connectivity index (χ3v) is 5.90. The molecule has 1 aliphatic rings.